The third kappa shape index (κ3) is 4.24. The number of hydrogen-bond acceptors (Lipinski definition) is 8. The number of nitrogens with zero attached hydrogens (tertiary/aromatic N) is 1. The molecule has 1 aromatic rings. The highest BCUT2D eigenvalue weighted by Crippen LogP contribution is 2.33. The van der Waals surface area contributed by atoms with Crippen LogP contribution < -0.4 is 16.0 Å². The SMILES string of the molecule is CCOC(=O)c1c(NC(=O)/C(C#N)=C\C2C(=O)NC(=O)NC2=O)sc(C)c1C. The first-order valence-electron chi connectivity index (χ1n) is 8.05. The Kier molecular flexibility index (Phi) is 6.27. The van der Waals surface area contributed by atoms with E-state index in [2.05, 4.69) is 5.32 Å². The molecule has 0 spiro atoms. The number of nitriles is 1. The molecule has 0 saturated carbocycles. The van der Waals surface area contributed by atoms with Crippen molar-refractivity contribution in [2.24, 2.45) is 5.92 Å². The third-order valence-corrected chi connectivity index (χ3v) is 4.95. The molecule has 1 fully saturated rings. The molecule has 5 amide bonds. The van der Waals surface area contributed by atoms with Crippen molar-refractivity contribution in [1.82, 2.24) is 10.6 Å². The second-order valence-electron chi connectivity index (χ2n) is 5.64. The van der Waals surface area contributed by atoms with Crippen molar-refractivity contribution in [3.05, 3.63) is 27.7 Å². The fourth-order valence-corrected chi connectivity index (χ4v) is 3.39. The van der Waals surface area contributed by atoms with E-state index in [1.807, 2.05) is 10.6 Å². The molecular weight excluding hydrogens is 388 g/mol. The van der Waals surface area contributed by atoms with Gasteiger partial charge in [0.1, 0.15) is 22.6 Å². The predicted octanol–water partition coefficient (Wildman–Crippen LogP) is 0.912. The van der Waals surface area contributed by atoms with Crippen LogP contribution in [-0.2, 0) is 19.1 Å². The van der Waals surface area contributed by atoms with Gasteiger partial charge in [-0.15, -0.1) is 11.3 Å². The fourth-order valence-electron chi connectivity index (χ4n) is 2.35. The Labute approximate surface area is 163 Å². The largest absolute Gasteiger partial charge is 0.462 e. The Morgan fingerprint density at radius 3 is 2.39 bits per heavy atom. The van der Waals surface area contributed by atoms with Gasteiger partial charge in [0.05, 0.1) is 12.2 Å². The molecule has 2 heterocycles. The van der Waals surface area contributed by atoms with E-state index in [0.717, 1.165) is 22.3 Å². The van der Waals surface area contributed by atoms with Crippen LogP contribution in [0, 0.1) is 31.1 Å². The number of rotatable bonds is 5. The van der Waals surface area contributed by atoms with Crippen LogP contribution in [0.5, 0.6) is 0 Å². The number of imide groups is 2. The van der Waals surface area contributed by atoms with Gasteiger partial charge in [-0.05, 0) is 32.4 Å². The maximum atomic E-state index is 12.5. The number of barbiturate groups is 1. The number of amides is 5. The summed E-state index contributed by atoms with van der Waals surface area (Å²) in [6.07, 6.45) is 0.851. The van der Waals surface area contributed by atoms with Gasteiger partial charge in [0, 0.05) is 4.88 Å². The number of ether oxygens (including phenoxy) is 1. The molecule has 10 nitrogen and oxygen atoms in total. The quantitative estimate of drug-likeness (QED) is 0.285. The monoisotopic (exact) mass is 404 g/mol. The molecule has 1 aliphatic rings. The van der Waals surface area contributed by atoms with Crippen molar-refractivity contribution < 1.29 is 28.7 Å². The molecule has 1 saturated heterocycles. The topological polar surface area (TPSA) is 154 Å². The van der Waals surface area contributed by atoms with Gasteiger partial charge in [-0.2, -0.15) is 5.26 Å². The molecule has 11 heteroatoms. The van der Waals surface area contributed by atoms with E-state index in [9.17, 15) is 29.2 Å². The standard InChI is InChI=1S/C17H16N4O6S/c1-4-27-16(25)11-7(2)8(3)28-15(11)19-12(22)9(6-18)5-10-13(23)20-17(26)21-14(10)24/h5,10H,4H2,1-3H3,(H,19,22)(H2,20,21,23,24,26)/b9-5-. The van der Waals surface area contributed by atoms with Crippen molar-refractivity contribution in [1.29, 1.82) is 5.26 Å². The van der Waals surface area contributed by atoms with Crippen LogP contribution in [-0.4, -0.2) is 36.3 Å². The summed E-state index contributed by atoms with van der Waals surface area (Å²) in [7, 11) is 0. The van der Waals surface area contributed by atoms with E-state index in [1.165, 1.54) is 0 Å². The Morgan fingerprint density at radius 1 is 1.25 bits per heavy atom. The molecule has 0 unspecified atom stereocenters. The molecule has 0 aliphatic carbocycles. The third-order valence-electron chi connectivity index (χ3n) is 3.83. The van der Waals surface area contributed by atoms with Crippen LogP contribution in [0.3, 0.4) is 0 Å². The minimum atomic E-state index is -1.52. The molecule has 0 bridgehead atoms. The minimum absolute atomic E-state index is 0.147. The number of carbonyl (C=O) groups excluding carboxylic acids is 5. The van der Waals surface area contributed by atoms with E-state index in [1.54, 1.807) is 26.8 Å². The van der Waals surface area contributed by atoms with Crippen molar-refractivity contribution in [3.8, 4) is 6.07 Å². The first-order valence-corrected chi connectivity index (χ1v) is 8.87. The van der Waals surface area contributed by atoms with E-state index < -0.39 is 41.2 Å². The van der Waals surface area contributed by atoms with E-state index in [4.69, 9.17) is 4.74 Å². The van der Waals surface area contributed by atoms with E-state index in [0.29, 0.717) is 5.56 Å². The van der Waals surface area contributed by atoms with Crippen LogP contribution in [0.2, 0.25) is 0 Å². The summed E-state index contributed by atoms with van der Waals surface area (Å²) in [5, 5.41) is 15.6. The molecule has 146 valence electrons. The summed E-state index contributed by atoms with van der Waals surface area (Å²) in [5.74, 6) is -4.96. The van der Waals surface area contributed by atoms with Gasteiger partial charge in [-0.3, -0.25) is 25.0 Å². The maximum Gasteiger partial charge on any atom is 0.341 e. The minimum Gasteiger partial charge on any atom is -0.462 e. The Balaban J connectivity index is 2.31. The lowest BCUT2D eigenvalue weighted by Crippen LogP contribution is -2.55. The summed E-state index contributed by atoms with van der Waals surface area (Å²) in [5.41, 5.74) is 0.280. The molecule has 0 aromatic carbocycles. The summed E-state index contributed by atoms with van der Waals surface area (Å²) in [6.45, 7) is 5.25. The van der Waals surface area contributed by atoms with Crippen molar-refractivity contribution in [3.63, 3.8) is 0 Å². The number of esters is 1. The number of hydrogen-bond donors (Lipinski definition) is 3. The van der Waals surface area contributed by atoms with E-state index >= 15 is 0 Å². The summed E-state index contributed by atoms with van der Waals surface area (Å²) < 4.78 is 4.99. The molecule has 1 aliphatic heterocycles. The highest BCUT2D eigenvalue weighted by Gasteiger charge is 2.34. The lowest BCUT2D eigenvalue weighted by molar-refractivity contribution is -0.133. The number of thiophene rings is 1. The first-order chi connectivity index (χ1) is 13.2. The number of nitrogens with one attached hydrogen (secondary N) is 3. The lowest BCUT2D eigenvalue weighted by atomic mass is 10.0. The first kappa shape index (κ1) is 20.8. The van der Waals surface area contributed by atoms with Gasteiger partial charge >= 0.3 is 12.0 Å². The van der Waals surface area contributed by atoms with Crippen LogP contribution in [0.4, 0.5) is 9.80 Å². The van der Waals surface area contributed by atoms with Crippen LogP contribution in [0.1, 0.15) is 27.7 Å². The highest BCUT2D eigenvalue weighted by atomic mass is 32.1. The Hall–Kier alpha value is -3.52. The second kappa shape index (κ2) is 8.45. The summed E-state index contributed by atoms with van der Waals surface area (Å²) >= 11 is 1.13. The number of aryl methyl sites for hydroxylation is 1. The molecule has 0 radical (unpaired) electrons. The average molecular weight is 404 g/mol. The van der Waals surface area contributed by atoms with Gasteiger partial charge in [-0.25, -0.2) is 9.59 Å². The Bertz CT molecular complexity index is 936. The van der Waals surface area contributed by atoms with Gasteiger partial charge in [0.15, 0.2) is 0 Å². The molecule has 0 atom stereocenters. The molecule has 28 heavy (non-hydrogen) atoms. The lowest BCUT2D eigenvalue weighted by Gasteiger charge is -2.18. The van der Waals surface area contributed by atoms with Crippen molar-refractivity contribution in [2.75, 3.05) is 11.9 Å². The highest BCUT2D eigenvalue weighted by molar-refractivity contribution is 7.16. The fraction of sp³-hybridized carbons (Fsp3) is 0.294. The van der Waals surface area contributed by atoms with Gasteiger partial charge in [-0.1, -0.05) is 0 Å². The van der Waals surface area contributed by atoms with Gasteiger partial charge < -0.3 is 10.1 Å². The Morgan fingerprint density at radius 2 is 1.86 bits per heavy atom. The summed E-state index contributed by atoms with van der Waals surface area (Å²) in [4.78, 5) is 60.0. The van der Waals surface area contributed by atoms with Gasteiger partial charge in [0.2, 0.25) is 11.8 Å². The average Bonchev–Trinajstić information content (AvgIpc) is 2.88. The zero-order valence-corrected chi connectivity index (χ0v) is 16.0. The van der Waals surface area contributed by atoms with Crippen LogP contribution in [0.25, 0.3) is 0 Å². The molecule has 2 rings (SSSR count). The molecular formula is C17H16N4O6S. The van der Waals surface area contributed by atoms with Crippen LogP contribution in [0.15, 0.2) is 11.6 Å². The second-order valence-corrected chi connectivity index (χ2v) is 6.86. The zero-order valence-electron chi connectivity index (χ0n) is 15.2. The number of carbonyl (C=O) groups is 5. The predicted molar refractivity (Wildman–Crippen MR) is 97.2 cm³/mol. The summed E-state index contributed by atoms with van der Waals surface area (Å²) in [6, 6.07) is 0.629. The number of urea groups is 1. The molecule has 1 aromatic heterocycles. The normalized spacial score (nSPS) is 14.8. The molecule has 3 N–H and O–H groups in total. The number of anilines is 1. The van der Waals surface area contributed by atoms with Gasteiger partial charge in [0.25, 0.3) is 5.91 Å². The smallest absolute Gasteiger partial charge is 0.341 e. The zero-order chi connectivity index (χ0) is 21.0. The van der Waals surface area contributed by atoms with Crippen molar-refractivity contribution >= 4 is 46.1 Å². The van der Waals surface area contributed by atoms with Crippen molar-refractivity contribution in [2.45, 2.75) is 20.8 Å². The van der Waals surface area contributed by atoms with Crippen LogP contribution >= 0.6 is 11.3 Å². The maximum absolute atomic E-state index is 12.5. The van der Waals surface area contributed by atoms with E-state index in [-0.39, 0.29) is 17.2 Å².